The Bertz CT molecular complexity index is 1780. The average molecular weight is 565 g/mol. The minimum atomic E-state index is -0.313. The predicted octanol–water partition coefficient (Wildman–Crippen LogP) is 6.41. The number of aromatic amines is 2. The normalized spacial score (nSPS) is 12.5. The number of anilines is 1. The number of nitrogens with zero attached hydrogens (tertiary/aromatic N) is 4. The van der Waals surface area contributed by atoms with Crippen LogP contribution in [0.2, 0.25) is 0 Å². The largest absolute Gasteiger partial charge is 0.384 e. The van der Waals surface area contributed by atoms with Crippen LogP contribution >= 0.6 is 0 Å². The van der Waals surface area contributed by atoms with E-state index in [2.05, 4.69) is 72.4 Å². The van der Waals surface area contributed by atoms with Gasteiger partial charge in [-0.25, -0.2) is 9.37 Å². The lowest BCUT2D eigenvalue weighted by molar-refractivity contribution is 0.425. The van der Waals surface area contributed by atoms with E-state index in [1.54, 1.807) is 6.20 Å². The molecule has 0 fully saturated rings. The molecule has 4 aromatic heterocycles. The van der Waals surface area contributed by atoms with E-state index in [9.17, 15) is 4.39 Å². The van der Waals surface area contributed by atoms with Crippen molar-refractivity contribution in [1.82, 2.24) is 35.4 Å². The van der Waals surface area contributed by atoms with Gasteiger partial charge in [-0.05, 0) is 75.1 Å². The van der Waals surface area contributed by atoms with E-state index in [0.29, 0.717) is 23.4 Å². The fraction of sp³-hybridized carbons (Fsp3) is 0.242. The van der Waals surface area contributed by atoms with Crippen LogP contribution in [-0.4, -0.2) is 70.3 Å². The Kier molecular flexibility index (Phi) is 8.90. The molecule has 0 atom stereocenters. The molecule has 0 bridgehead atoms. The fourth-order valence-electron chi connectivity index (χ4n) is 4.92. The van der Waals surface area contributed by atoms with E-state index in [0.717, 1.165) is 69.7 Å². The lowest BCUT2D eigenvalue weighted by Gasteiger charge is -2.12. The molecule has 216 valence electrons. The minimum Gasteiger partial charge on any atom is -0.384 e. The Hall–Kier alpha value is -4.60. The van der Waals surface area contributed by atoms with Gasteiger partial charge in [0.15, 0.2) is 5.65 Å². The maximum atomic E-state index is 14.7. The zero-order valence-electron chi connectivity index (χ0n) is 24.6. The molecule has 1 aromatic carbocycles. The predicted molar refractivity (Wildman–Crippen MR) is 172 cm³/mol. The fourth-order valence-corrected chi connectivity index (χ4v) is 4.92. The molecule has 4 heterocycles. The Morgan fingerprint density at radius 2 is 1.98 bits per heavy atom. The summed E-state index contributed by atoms with van der Waals surface area (Å²) in [4.78, 5) is 14.9. The highest BCUT2D eigenvalue weighted by atomic mass is 19.1. The van der Waals surface area contributed by atoms with Gasteiger partial charge < -0.3 is 20.5 Å². The van der Waals surface area contributed by atoms with E-state index in [1.165, 1.54) is 12.1 Å². The molecule has 0 saturated carbocycles. The molecule has 5 rings (SSSR count). The van der Waals surface area contributed by atoms with Gasteiger partial charge in [0.05, 0.1) is 17.1 Å². The summed E-state index contributed by atoms with van der Waals surface area (Å²) < 4.78 is 14.7. The van der Waals surface area contributed by atoms with E-state index in [4.69, 9.17) is 0 Å². The lowest BCUT2D eigenvalue weighted by Crippen LogP contribution is -2.20. The maximum Gasteiger partial charge on any atom is 0.181 e. The smallest absolute Gasteiger partial charge is 0.181 e. The van der Waals surface area contributed by atoms with Crippen LogP contribution in [-0.2, 0) is 0 Å². The van der Waals surface area contributed by atoms with E-state index in [-0.39, 0.29) is 5.82 Å². The molecule has 0 aliphatic carbocycles. The van der Waals surface area contributed by atoms with Gasteiger partial charge in [-0.15, -0.1) is 0 Å². The summed E-state index contributed by atoms with van der Waals surface area (Å²) in [5.74, 6) is -0.313. The standard InChI is InChI=1S/C33H37FN8/c1-6-21(19-35-8-3)13-22(7-2)24-16-28-32(40-41-33(28)38-20-24)30-18-27-29(39-30)9-10-37-31(27)23-14-25(34)17-26(15-23)36-11-12-42(4)5/h6-7,9-10,13-18,20,35-36,39H,1,8,11-12,19H2,2-5H3,(H,38,40,41)/b21-13+,22-7+. The second-order valence-electron chi connectivity index (χ2n) is 10.4. The summed E-state index contributed by atoms with van der Waals surface area (Å²) >= 11 is 0. The summed E-state index contributed by atoms with van der Waals surface area (Å²) in [6.45, 7) is 11.2. The van der Waals surface area contributed by atoms with Crippen LogP contribution in [0.25, 0.3) is 50.2 Å². The van der Waals surface area contributed by atoms with Crippen molar-refractivity contribution in [1.29, 1.82) is 0 Å². The number of pyridine rings is 2. The van der Waals surface area contributed by atoms with Gasteiger partial charge in [0.2, 0.25) is 0 Å². The zero-order chi connectivity index (χ0) is 29.6. The number of H-pyrrole nitrogens is 2. The van der Waals surface area contributed by atoms with Gasteiger partial charge in [-0.1, -0.05) is 31.7 Å². The molecule has 4 N–H and O–H groups in total. The molecule has 0 saturated heterocycles. The van der Waals surface area contributed by atoms with Crippen molar-refractivity contribution in [2.75, 3.05) is 45.6 Å². The quantitative estimate of drug-likeness (QED) is 0.131. The van der Waals surface area contributed by atoms with Crippen molar-refractivity contribution in [3.05, 3.63) is 90.6 Å². The van der Waals surface area contributed by atoms with Crippen molar-refractivity contribution >= 4 is 33.2 Å². The van der Waals surface area contributed by atoms with Crippen molar-refractivity contribution in [3.63, 3.8) is 0 Å². The Morgan fingerprint density at radius 3 is 2.74 bits per heavy atom. The average Bonchev–Trinajstić information content (AvgIpc) is 3.60. The maximum absolute atomic E-state index is 14.7. The zero-order valence-corrected chi connectivity index (χ0v) is 24.6. The molecule has 42 heavy (non-hydrogen) atoms. The summed E-state index contributed by atoms with van der Waals surface area (Å²) in [5, 5.41) is 16.1. The third-order valence-electron chi connectivity index (χ3n) is 7.11. The Balaban J connectivity index is 1.52. The van der Waals surface area contributed by atoms with Crippen molar-refractivity contribution in [2.24, 2.45) is 0 Å². The van der Waals surface area contributed by atoms with Crippen LogP contribution in [0, 0.1) is 5.82 Å². The number of halogens is 1. The number of nitrogens with one attached hydrogen (secondary N) is 4. The number of hydrogen-bond donors (Lipinski definition) is 4. The first-order valence-corrected chi connectivity index (χ1v) is 14.1. The first-order chi connectivity index (χ1) is 20.4. The van der Waals surface area contributed by atoms with Gasteiger partial charge in [0, 0.05) is 65.1 Å². The van der Waals surface area contributed by atoms with E-state index >= 15 is 0 Å². The van der Waals surface area contributed by atoms with E-state index < -0.39 is 0 Å². The second kappa shape index (κ2) is 12.9. The second-order valence-corrected chi connectivity index (χ2v) is 10.4. The number of benzene rings is 1. The minimum absolute atomic E-state index is 0.313. The van der Waals surface area contributed by atoms with Crippen LogP contribution in [0.1, 0.15) is 19.4 Å². The summed E-state index contributed by atoms with van der Waals surface area (Å²) in [5.41, 5.74) is 8.44. The Morgan fingerprint density at radius 1 is 1.12 bits per heavy atom. The van der Waals surface area contributed by atoms with Crippen LogP contribution in [0.5, 0.6) is 0 Å². The molecular formula is C33H37FN8. The molecule has 0 aliphatic heterocycles. The van der Waals surface area contributed by atoms with E-state index in [1.807, 2.05) is 51.5 Å². The monoisotopic (exact) mass is 564 g/mol. The highest BCUT2D eigenvalue weighted by Gasteiger charge is 2.16. The van der Waals surface area contributed by atoms with Crippen LogP contribution in [0.15, 0.2) is 79.2 Å². The molecule has 0 radical (unpaired) electrons. The molecule has 0 aliphatic rings. The molecule has 0 unspecified atom stereocenters. The number of rotatable bonds is 12. The molecule has 8 nitrogen and oxygen atoms in total. The highest BCUT2D eigenvalue weighted by molar-refractivity contribution is 6.00. The highest BCUT2D eigenvalue weighted by Crippen LogP contribution is 2.34. The third kappa shape index (κ3) is 6.32. The number of hydrogen-bond acceptors (Lipinski definition) is 6. The summed E-state index contributed by atoms with van der Waals surface area (Å²) in [6.07, 6.45) is 9.65. The van der Waals surface area contributed by atoms with Crippen LogP contribution < -0.4 is 10.6 Å². The Labute approximate surface area is 245 Å². The number of fused-ring (bicyclic) bond motifs is 2. The summed E-state index contributed by atoms with van der Waals surface area (Å²) in [7, 11) is 4.02. The van der Waals surface area contributed by atoms with Crippen LogP contribution in [0.3, 0.4) is 0 Å². The molecule has 0 amide bonds. The SMILES string of the molecule is C=C/C(=C\C(=C/C)c1cnc2n[nH]c(-c3cc4c(-c5cc(F)cc(NCCN(C)C)c5)nccc4[nH]3)c2c1)CNCC. The number of allylic oxidation sites excluding steroid dienone is 3. The van der Waals surface area contributed by atoms with Gasteiger partial charge in [-0.2, -0.15) is 5.10 Å². The van der Waals surface area contributed by atoms with Gasteiger partial charge in [-0.3, -0.25) is 10.1 Å². The van der Waals surface area contributed by atoms with Crippen molar-refractivity contribution in [3.8, 4) is 22.6 Å². The number of likely N-dealkylation sites (N-methyl/N-ethyl adjacent to an activating group) is 2. The lowest BCUT2D eigenvalue weighted by atomic mass is 10.0. The van der Waals surface area contributed by atoms with Gasteiger partial charge in [0.1, 0.15) is 5.82 Å². The van der Waals surface area contributed by atoms with Crippen LogP contribution in [0.4, 0.5) is 10.1 Å². The first kappa shape index (κ1) is 28.9. The number of aromatic nitrogens is 5. The molecule has 5 aromatic rings. The molecule has 9 heteroatoms. The topological polar surface area (TPSA) is 97.6 Å². The molecular weight excluding hydrogens is 527 g/mol. The van der Waals surface area contributed by atoms with Crippen molar-refractivity contribution in [2.45, 2.75) is 13.8 Å². The van der Waals surface area contributed by atoms with Gasteiger partial charge in [0.25, 0.3) is 0 Å². The summed E-state index contributed by atoms with van der Waals surface area (Å²) in [6, 6.07) is 11.0. The van der Waals surface area contributed by atoms with Crippen molar-refractivity contribution < 1.29 is 4.39 Å². The van der Waals surface area contributed by atoms with Gasteiger partial charge >= 0.3 is 0 Å². The third-order valence-corrected chi connectivity index (χ3v) is 7.11. The molecule has 0 spiro atoms. The first-order valence-electron chi connectivity index (χ1n) is 14.1.